The summed E-state index contributed by atoms with van der Waals surface area (Å²) in [7, 11) is 0. The Morgan fingerprint density at radius 2 is 1.75 bits per heavy atom. The maximum Gasteiger partial charge on any atom is 0.0195 e. The second kappa shape index (κ2) is 7.57. The molecule has 0 unspecified atom stereocenters. The van der Waals surface area contributed by atoms with Gasteiger partial charge >= 0.3 is 0 Å². The number of aryl methyl sites for hydroxylation is 1. The molecule has 0 N–H and O–H groups in total. The predicted octanol–water partition coefficient (Wildman–Crippen LogP) is 6.34. The molecule has 2 aromatic rings. The Labute approximate surface area is 150 Å². The molecule has 0 bridgehead atoms. The van der Waals surface area contributed by atoms with E-state index < -0.39 is 0 Å². The van der Waals surface area contributed by atoms with Gasteiger partial charge in [-0.2, -0.15) is 0 Å². The summed E-state index contributed by atoms with van der Waals surface area (Å²) in [6.45, 7) is 2.21. The number of halogens is 3. The second-order valence-electron chi connectivity index (χ2n) is 4.96. The van der Waals surface area contributed by atoms with E-state index in [1.807, 2.05) is 11.3 Å². The number of benzene rings is 1. The van der Waals surface area contributed by atoms with E-state index in [-0.39, 0.29) is 5.41 Å². The van der Waals surface area contributed by atoms with Crippen molar-refractivity contribution >= 4 is 59.1 Å². The molecule has 1 aromatic heterocycles. The first-order chi connectivity index (χ1) is 9.63. The van der Waals surface area contributed by atoms with Gasteiger partial charge in [0.2, 0.25) is 0 Å². The first kappa shape index (κ1) is 16.7. The number of alkyl halides is 2. The van der Waals surface area contributed by atoms with Crippen LogP contribution in [-0.4, -0.2) is 10.7 Å². The van der Waals surface area contributed by atoms with Gasteiger partial charge in [-0.05, 0) is 42.7 Å². The lowest BCUT2D eigenvalue weighted by molar-refractivity contribution is 0.556. The largest absolute Gasteiger partial charge is 0.145 e. The summed E-state index contributed by atoms with van der Waals surface area (Å²) in [6, 6.07) is 13.2. The molecule has 1 aromatic carbocycles. The highest BCUT2D eigenvalue weighted by Gasteiger charge is 2.31. The fraction of sp³-hybridized carbons (Fsp3) is 0.375. The highest BCUT2D eigenvalue weighted by molar-refractivity contribution is 9.10. The Hall–Kier alpha value is 0.360. The monoisotopic (exact) mass is 478 g/mol. The number of hydrogen-bond acceptors (Lipinski definition) is 1. The van der Waals surface area contributed by atoms with E-state index in [2.05, 4.69) is 91.1 Å². The Kier molecular flexibility index (Phi) is 6.33. The van der Waals surface area contributed by atoms with Gasteiger partial charge in [0.25, 0.3) is 0 Å². The van der Waals surface area contributed by atoms with Crippen molar-refractivity contribution in [2.24, 2.45) is 0 Å². The van der Waals surface area contributed by atoms with Crippen molar-refractivity contribution in [1.29, 1.82) is 0 Å². The van der Waals surface area contributed by atoms with Crippen molar-refractivity contribution in [3.05, 3.63) is 56.2 Å². The standard InChI is InChI=1S/C16H17Br3S/c1-2-14-6-7-15(20-14)9-16(10-17,11-18)12-4-3-5-13(19)8-12/h3-8H,2,9-11H2,1H3. The first-order valence-electron chi connectivity index (χ1n) is 6.59. The van der Waals surface area contributed by atoms with E-state index in [0.29, 0.717) is 0 Å². The molecule has 2 rings (SSSR count). The zero-order chi connectivity index (χ0) is 14.6. The summed E-state index contributed by atoms with van der Waals surface area (Å²) in [5, 5.41) is 1.89. The summed E-state index contributed by atoms with van der Waals surface area (Å²) < 4.78 is 1.14. The van der Waals surface area contributed by atoms with Crippen LogP contribution in [0.5, 0.6) is 0 Å². The van der Waals surface area contributed by atoms with Gasteiger partial charge in [-0.3, -0.25) is 0 Å². The topological polar surface area (TPSA) is 0 Å². The Bertz CT molecular complexity index is 558. The fourth-order valence-corrected chi connectivity index (χ4v) is 5.72. The molecule has 0 saturated heterocycles. The Morgan fingerprint density at radius 1 is 1.05 bits per heavy atom. The minimum atomic E-state index is 0.0969. The smallest absolute Gasteiger partial charge is 0.0195 e. The van der Waals surface area contributed by atoms with Crippen LogP contribution in [0, 0.1) is 0 Å². The van der Waals surface area contributed by atoms with Gasteiger partial charge in [-0.1, -0.05) is 66.8 Å². The van der Waals surface area contributed by atoms with Gasteiger partial charge in [-0.25, -0.2) is 0 Å². The third kappa shape index (κ3) is 3.76. The quantitative estimate of drug-likeness (QED) is 0.423. The SMILES string of the molecule is CCc1ccc(CC(CBr)(CBr)c2cccc(Br)c2)s1. The van der Waals surface area contributed by atoms with E-state index in [1.54, 1.807) is 0 Å². The summed E-state index contributed by atoms with van der Waals surface area (Å²) in [6.07, 6.45) is 2.18. The van der Waals surface area contributed by atoms with Crippen LogP contribution in [0.3, 0.4) is 0 Å². The number of hydrogen-bond donors (Lipinski definition) is 0. The normalized spacial score (nSPS) is 11.8. The molecule has 0 saturated carbocycles. The van der Waals surface area contributed by atoms with Crippen molar-refractivity contribution in [2.45, 2.75) is 25.2 Å². The minimum Gasteiger partial charge on any atom is -0.145 e. The summed E-state index contributed by atoms with van der Waals surface area (Å²) in [4.78, 5) is 2.92. The maximum atomic E-state index is 3.74. The predicted molar refractivity (Wildman–Crippen MR) is 101 cm³/mol. The van der Waals surface area contributed by atoms with Crippen molar-refractivity contribution in [2.75, 3.05) is 10.7 Å². The minimum absolute atomic E-state index is 0.0969. The van der Waals surface area contributed by atoms with Crippen LogP contribution < -0.4 is 0 Å². The average Bonchev–Trinajstić information content (AvgIpc) is 2.92. The van der Waals surface area contributed by atoms with Crippen molar-refractivity contribution in [1.82, 2.24) is 0 Å². The van der Waals surface area contributed by atoms with E-state index in [4.69, 9.17) is 0 Å². The molecule has 0 fully saturated rings. The first-order valence-corrected chi connectivity index (χ1v) is 10.4. The van der Waals surface area contributed by atoms with E-state index in [1.165, 1.54) is 15.3 Å². The van der Waals surface area contributed by atoms with E-state index >= 15 is 0 Å². The molecule has 0 aliphatic heterocycles. The van der Waals surface area contributed by atoms with Gasteiger partial charge in [0.15, 0.2) is 0 Å². The molecule has 0 radical (unpaired) electrons. The van der Waals surface area contributed by atoms with Crippen LogP contribution in [-0.2, 0) is 18.3 Å². The van der Waals surface area contributed by atoms with Crippen LogP contribution in [0.4, 0.5) is 0 Å². The van der Waals surface area contributed by atoms with Crippen LogP contribution >= 0.6 is 59.1 Å². The molecule has 108 valence electrons. The second-order valence-corrected chi connectivity index (χ2v) is 8.25. The molecular formula is C16H17Br3S. The van der Waals surface area contributed by atoms with Crippen LogP contribution in [0.1, 0.15) is 22.2 Å². The molecule has 0 nitrogen and oxygen atoms in total. The van der Waals surface area contributed by atoms with Gasteiger partial charge < -0.3 is 0 Å². The lowest BCUT2D eigenvalue weighted by Crippen LogP contribution is -2.32. The molecular weight excluding hydrogens is 464 g/mol. The summed E-state index contributed by atoms with van der Waals surface area (Å²) in [5.41, 5.74) is 1.46. The van der Waals surface area contributed by atoms with Gasteiger partial charge in [0.05, 0.1) is 0 Å². The molecule has 20 heavy (non-hydrogen) atoms. The van der Waals surface area contributed by atoms with Crippen molar-refractivity contribution in [3.8, 4) is 0 Å². The van der Waals surface area contributed by atoms with Crippen LogP contribution in [0.2, 0.25) is 0 Å². The third-order valence-electron chi connectivity index (χ3n) is 3.53. The highest BCUT2D eigenvalue weighted by Crippen LogP contribution is 2.35. The van der Waals surface area contributed by atoms with Gasteiger partial charge in [0, 0.05) is 30.3 Å². The summed E-state index contributed by atoms with van der Waals surface area (Å²) in [5.74, 6) is 0. The molecule has 0 amide bonds. The van der Waals surface area contributed by atoms with E-state index in [0.717, 1.165) is 28.0 Å². The molecule has 0 spiro atoms. The maximum absolute atomic E-state index is 3.74. The summed E-state index contributed by atoms with van der Waals surface area (Å²) >= 11 is 13.0. The van der Waals surface area contributed by atoms with Crippen LogP contribution in [0.15, 0.2) is 40.9 Å². The average molecular weight is 481 g/mol. The molecule has 4 heteroatoms. The van der Waals surface area contributed by atoms with E-state index in [9.17, 15) is 0 Å². The zero-order valence-electron chi connectivity index (χ0n) is 11.3. The molecule has 1 heterocycles. The zero-order valence-corrected chi connectivity index (χ0v) is 16.9. The van der Waals surface area contributed by atoms with Crippen molar-refractivity contribution in [3.63, 3.8) is 0 Å². The molecule has 0 atom stereocenters. The van der Waals surface area contributed by atoms with Gasteiger partial charge in [0.1, 0.15) is 0 Å². The molecule has 0 aliphatic carbocycles. The van der Waals surface area contributed by atoms with Crippen molar-refractivity contribution < 1.29 is 0 Å². The lowest BCUT2D eigenvalue weighted by Gasteiger charge is -2.30. The fourth-order valence-electron chi connectivity index (χ4n) is 2.25. The number of rotatable bonds is 6. The lowest BCUT2D eigenvalue weighted by atomic mass is 9.81. The Balaban J connectivity index is 2.33. The third-order valence-corrected chi connectivity index (χ3v) is 7.40. The highest BCUT2D eigenvalue weighted by atomic mass is 79.9. The Morgan fingerprint density at radius 3 is 2.30 bits per heavy atom. The van der Waals surface area contributed by atoms with Gasteiger partial charge in [-0.15, -0.1) is 11.3 Å². The van der Waals surface area contributed by atoms with Crippen LogP contribution in [0.25, 0.3) is 0 Å². The number of thiophene rings is 1. The molecule has 0 aliphatic rings.